The maximum absolute atomic E-state index is 12.5. The summed E-state index contributed by atoms with van der Waals surface area (Å²) in [5.41, 5.74) is -0.270. The van der Waals surface area contributed by atoms with Crippen LogP contribution in [0.25, 0.3) is 10.2 Å². The number of halogens is 4. The minimum atomic E-state index is -4.21. The third-order valence-electron chi connectivity index (χ3n) is 3.59. The maximum atomic E-state index is 12.5. The van der Waals surface area contributed by atoms with Crippen molar-refractivity contribution in [2.45, 2.75) is 19.5 Å². The molecular formula is C14H12ClF3N2OS. The molecule has 1 saturated heterocycles. The van der Waals surface area contributed by atoms with E-state index >= 15 is 0 Å². The van der Waals surface area contributed by atoms with Crippen molar-refractivity contribution in [2.75, 3.05) is 13.1 Å². The van der Waals surface area contributed by atoms with Crippen molar-refractivity contribution in [1.82, 2.24) is 9.88 Å². The van der Waals surface area contributed by atoms with Crippen molar-refractivity contribution >= 4 is 39.1 Å². The molecule has 8 heteroatoms. The van der Waals surface area contributed by atoms with Crippen LogP contribution in [0.4, 0.5) is 13.2 Å². The summed E-state index contributed by atoms with van der Waals surface area (Å²) in [6.45, 7) is 1.74. The third kappa shape index (κ3) is 3.05. The van der Waals surface area contributed by atoms with Crippen LogP contribution in [-0.4, -0.2) is 35.1 Å². The summed E-state index contributed by atoms with van der Waals surface area (Å²) >= 11 is 7.09. The molecule has 3 rings (SSSR count). The van der Waals surface area contributed by atoms with Gasteiger partial charge in [0.1, 0.15) is 0 Å². The standard InChI is InChI=1S/C14H12ClF3N2OS/c1-13(5-14(16,17)18)6-20(7-13)12(21)11-19-9-4-8(15)2-3-10(9)22-11/h2-4H,5-7H2,1H3. The zero-order valence-corrected chi connectivity index (χ0v) is 13.1. The highest BCUT2D eigenvalue weighted by molar-refractivity contribution is 7.20. The van der Waals surface area contributed by atoms with Gasteiger partial charge in [0.25, 0.3) is 5.91 Å². The number of fused-ring (bicyclic) bond motifs is 1. The molecule has 0 atom stereocenters. The molecule has 118 valence electrons. The minimum Gasteiger partial charge on any atom is -0.335 e. The van der Waals surface area contributed by atoms with E-state index in [0.29, 0.717) is 10.5 Å². The molecule has 1 aliphatic rings. The monoisotopic (exact) mass is 348 g/mol. The Labute approximate surface area is 133 Å². The Morgan fingerprint density at radius 3 is 2.77 bits per heavy atom. The molecule has 2 aromatic rings. The molecule has 0 saturated carbocycles. The molecule has 22 heavy (non-hydrogen) atoms. The number of alkyl halides is 3. The molecular weight excluding hydrogens is 337 g/mol. The van der Waals surface area contributed by atoms with E-state index in [1.54, 1.807) is 25.1 Å². The molecule has 0 bridgehead atoms. The number of thiazole rings is 1. The summed E-state index contributed by atoms with van der Waals surface area (Å²) in [6, 6.07) is 5.14. The highest BCUT2D eigenvalue weighted by atomic mass is 35.5. The van der Waals surface area contributed by atoms with E-state index in [-0.39, 0.29) is 24.0 Å². The number of rotatable bonds is 2. The molecule has 1 aromatic carbocycles. The Morgan fingerprint density at radius 2 is 2.14 bits per heavy atom. The summed E-state index contributed by atoms with van der Waals surface area (Å²) in [7, 11) is 0. The lowest BCUT2D eigenvalue weighted by atomic mass is 9.78. The van der Waals surface area contributed by atoms with Gasteiger partial charge in [-0.05, 0) is 18.2 Å². The average molecular weight is 349 g/mol. The van der Waals surface area contributed by atoms with E-state index in [9.17, 15) is 18.0 Å². The fraction of sp³-hybridized carbons (Fsp3) is 0.429. The van der Waals surface area contributed by atoms with Gasteiger partial charge >= 0.3 is 6.18 Å². The summed E-state index contributed by atoms with van der Waals surface area (Å²) in [5, 5.41) is 0.810. The number of amides is 1. The molecule has 0 unspecified atom stereocenters. The molecule has 3 nitrogen and oxygen atoms in total. The molecule has 0 N–H and O–H groups in total. The number of carbonyl (C=O) groups is 1. The lowest BCUT2D eigenvalue weighted by Gasteiger charge is -2.48. The van der Waals surface area contributed by atoms with Gasteiger partial charge < -0.3 is 4.90 Å². The van der Waals surface area contributed by atoms with Gasteiger partial charge in [-0.3, -0.25) is 4.79 Å². The predicted octanol–water partition coefficient (Wildman–Crippen LogP) is 4.36. The minimum absolute atomic E-state index is 0.0992. The van der Waals surface area contributed by atoms with Gasteiger partial charge in [-0.25, -0.2) is 4.98 Å². The summed E-state index contributed by atoms with van der Waals surface area (Å²) in [6.07, 6.45) is -5.09. The predicted molar refractivity (Wildman–Crippen MR) is 79.3 cm³/mol. The second-order valence-corrected chi connectivity index (χ2v) is 7.36. The fourth-order valence-corrected chi connectivity index (χ4v) is 3.82. The van der Waals surface area contributed by atoms with E-state index < -0.39 is 18.0 Å². The number of hydrogen-bond donors (Lipinski definition) is 0. The maximum Gasteiger partial charge on any atom is 0.389 e. The van der Waals surface area contributed by atoms with Crippen molar-refractivity contribution in [2.24, 2.45) is 5.41 Å². The smallest absolute Gasteiger partial charge is 0.335 e. The van der Waals surface area contributed by atoms with Gasteiger partial charge in [0.05, 0.1) is 16.6 Å². The zero-order chi connectivity index (χ0) is 16.1. The lowest BCUT2D eigenvalue weighted by molar-refractivity contribution is -0.172. The summed E-state index contributed by atoms with van der Waals surface area (Å²) < 4.78 is 38.2. The van der Waals surface area contributed by atoms with Crippen LogP contribution in [0.5, 0.6) is 0 Å². The van der Waals surface area contributed by atoms with Crippen LogP contribution in [0, 0.1) is 5.41 Å². The van der Waals surface area contributed by atoms with E-state index in [1.807, 2.05) is 0 Å². The van der Waals surface area contributed by atoms with Crippen molar-refractivity contribution in [3.63, 3.8) is 0 Å². The van der Waals surface area contributed by atoms with Crippen molar-refractivity contribution in [1.29, 1.82) is 0 Å². The molecule has 1 aliphatic heterocycles. The summed E-state index contributed by atoms with van der Waals surface area (Å²) in [4.78, 5) is 17.9. The first kappa shape index (κ1) is 15.6. The van der Waals surface area contributed by atoms with E-state index in [1.165, 1.54) is 16.2 Å². The fourth-order valence-electron chi connectivity index (χ4n) is 2.74. The first-order valence-electron chi connectivity index (χ1n) is 6.57. The SMILES string of the molecule is CC1(CC(F)(F)F)CN(C(=O)c2nc3cc(Cl)ccc3s2)C1. The van der Waals surface area contributed by atoms with Crippen LogP contribution in [0.2, 0.25) is 5.02 Å². The van der Waals surface area contributed by atoms with Crippen molar-refractivity contribution < 1.29 is 18.0 Å². The Bertz CT molecular complexity index is 737. The van der Waals surface area contributed by atoms with Gasteiger partial charge in [-0.15, -0.1) is 11.3 Å². The molecule has 2 heterocycles. The quantitative estimate of drug-likeness (QED) is 0.807. The van der Waals surface area contributed by atoms with Crippen molar-refractivity contribution in [3.8, 4) is 0 Å². The van der Waals surface area contributed by atoms with Gasteiger partial charge in [-0.2, -0.15) is 13.2 Å². The number of likely N-dealkylation sites (tertiary alicyclic amines) is 1. The van der Waals surface area contributed by atoms with Crippen LogP contribution in [0.3, 0.4) is 0 Å². The summed E-state index contributed by atoms with van der Waals surface area (Å²) in [5.74, 6) is -0.322. The van der Waals surface area contributed by atoms with Crippen LogP contribution in [0.15, 0.2) is 18.2 Å². The molecule has 0 spiro atoms. The topological polar surface area (TPSA) is 33.2 Å². The normalized spacial score (nSPS) is 17.6. The van der Waals surface area contributed by atoms with E-state index in [2.05, 4.69) is 4.98 Å². The van der Waals surface area contributed by atoms with Gasteiger partial charge in [0, 0.05) is 23.5 Å². The second-order valence-electron chi connectivity index (χ2n) is 5.89. The lowest BCUT2D eigenvalue weighted by Crippen LogP contribution is -2.58. The highest BCUT2D eigenvalue weighted by Gasteiger charge is 2.48. The Morgan fingerprint density at radius 1 is 1.45 bits per heavy atom. The van der Waals surface area contributed by atoms with Crippen LogP contribution in [0.1, 0.15) is 23.1 Å². The molecule has 0 radical (unpaired) electrons. The number of carbonyl (C=O) groups excluding carboxylic acids is 1. The van der Waals surface area contributed by atoms with Crippen molar-refractivity contribution in [3.05, 3.63) is 28.2 Å². The van der Waals surface area contributed by atoms with Crippen LogP contribution in [-0.2, 0) is 0 Å². The Balaban J connectivity index is 1.72. The number of nitrogens with zero attached hydrogens (tertiary/aromatic N) is 2. The van der Waals surface area contributed by atoms with E-state index in [4.69, 9.17) is 11.6 Å². The second kappa shape index (κ2) is 5.09. The zero-order valence-electron chi connectivity index (χ0n) is 11.6. The molecule has 1 fully saturated rings. The number of benzene rings is 1. The molecule has 1 amide bonds. The Kier molecular flexibility index (Phi) is 3.60. The van der Waals surface area contributed by atoms with E-state index in [0.717, 1.165) is 4.70 Å². The Hall–Kier alpha value is -1.34. The van der Waals surface area contributed by atoms with Gasteiger partial charge in [-0.1, -0.05) is 18.5 Å². The average Bonchev–Trinajstić information content (AvgIpc) is 2.75. The highest BCUT2D eigenvalue weighted by Crippen LogP contribution is 2.41. The number of hydrogen-bond acceptors (Lipinski definition) is 3. The third-order valence-corrected chi connectivity index (χ3v) is 4.85. The first-order chi connectivity index (χ1) is 10.2. The molecule has 0 aliphatic carbocycles. The molecule has 1 aromatic heterocycles. The largest absolute Gasteiger partial charge is 0.389 e. The van der Waals surface area contributed by atoms with Crippen LogP contribution >= 0.6 is 22.9 Å². The van der Waals surface area contributed by atoms with Crippen LogP contribution < -0.4 is 0 Å². The van der Waals surface area contributed by atoms with Gasteiger partial charge in [0.15, 0.2) is 5.01 Å². The number of aromatic nitrogens is 1. The van der Waals surface area contributed by atoms with Gasteiger partial charge in [0.2, 0.25) is 0 Å². The first-order valence-corrected chi connectivity index (χ1v) is 7.77.